The van der Waals surface area contributed by atoms with Gasteiger partial charge in [-0.1, -0.05) is 42.3 Å². The average molecular weight is 429 g/mol. The second-order valence-corrected chi connectivity index (χ2v) is 12.2. The third kappa shape index (κ3) is 3.66. The van der Waals surface area contributed by atoms with Crippen LogP contribution in [0.25, 0.3) is 0 Å². The van der Waals surface area contributed by atoms with Crippen LogP contribution in [0.1, 0.15) is 102 Å². The Balaban J connectivity index is 1.37. The first-order chi connectivity index (χ1) is 15.2. The Kier molecular flexibility index (Phi) is 5.80. The van der Waals surface area contributed by atoms with Crippen molar-refractivity contribution in [3.05, 3.63) is 68.8 Å². The molecule has 0 saturated heterocycles. The van der Waals surface area contributed by atoms with Crippen molar-refractivity contribution in [1.82, 2.24) is 0 Å². The lowest BCUT2D eigenvalue weighted by atomic mass is 9.66. The second-order valence-electron chi connectivity index (χ2n) is 12.2. The highest BCUT2D eigenvalue weighted by molar-refractivity contribution is 5.41. The lowest BCUT2D eigenvalue weighted by Crippen LogP contribution is -2.27. The normalized spacial score (nSPS) is 34.3. The van der Waals surface area contributed by atoms with Crippen LogP contribution >= 0.6 is 0 Å². The summed E-state index contributed by atoms with van der Waals surface area (Å²) in [4.78, 5) is 0. The van der Waals surface area contributed by atoms with Gasteiger partial charge in [-0.25, -0.2) is 0 Å². The first-order valence-electron chi connectivity index (χ1n) is 13.4. The standard InChI is InChI=1S/C32H44/c1-18-12-20(3)31(21(4)13-18)25-8-10-27-28-11-9-26(17-30(28)24(7)29(27)16-25)32-22(5)14-19(2)15-23(32)6/h12-15,24-30H,8-11,16-17H2,1-7H3. The van der Waals surface area contributed by atoms with E-state index in [9.17, 15) is 0 Å². The summed E-state index contributed by atoms with van der Waals surface area (Å²) in [5, 5.41) is 0. The van der Waals surface area contributed by atoms with Crippen LogP contribution in [0.2, 0.25) is 0 Å². The van der Waals surface area contributed by atoms with Gasteiger partial charge in [-0.3, -0.25) is 0 Å². The molecule has 0 spiro atoms. The van der Waals surface area contributed by atoms with Crippen LogP contribution in [0.3, 0.4) is 0 Å². The van der Waals surface area contributed by atoms with E-state index in [0.717, 1.165) is 41.4 Å². The molecular weight excluding hydrogens is 384 g/mol. The van der Waals surface area contributed by atoms with Gasteiger partial charge in [-0.05, 0) is 155 Å². The summed E-state index contributed by atoms with van der Waals surface area (Å²) < 4.78 is 0. The molecule has 172 valence electrons. The van der Waals surface area contributed by atoms with Gasteiger partial charge in [-0.15, -0.1) is 0 Å². The maximum atomic E-state index is 2.64. The van der Waals surface area contributed by atoms with Gasteiger partial charge in [0.1, 0.15) is 0 Å². The van der Waals surface area contributed by atoms with Crippen molar-refractivity contribution in [3.8, 4) is 0 Å². The number of benzene rings is 2. The van der Waals surface area contributed by atoms with E-state index in [1.165, 1.54) is 49.7 Å². The van der Waals surface area contributed by atoms with E-state index in [2.05, 4.69) is 72.7 Å². The molecule has 2 aromatic rings. The van der Waals surface area contributed by atoms with Crippen LogP contribution in [0.15, 0.2) is 24.3 Å². The summed E-state index contributed by atoms with van der Waals surface area (Å²) in [6, 6.07) is 9.68. The molecule has 0 aromatic heterocycles. The summed E-state index contributed by atoms with van der Waals surface area (Å²) in [6.07, 6.45) is 8.66. The molecular formula is C32H44. The van der Waals surface area contributed by atoms with Gasteiger partial charge < -0.3 is 0 Å². The molecule has 3 aliphatic carbocycles. The molecule has 2 aromatic carbocycles. The van der Waals surface area contributed by atoms with Crippen molar-refractivity contribution in [2.75, 3.05) is 0 Å². The van der Waals surface area contributed by atoms with Gasteiger partial charge in [0.05, 0.1) is 0 Å². The molecule has 32 heavy (non-hydrogen) atoms. The molecule has 0 heteroatoms. The lowest BCUT2D eigenvalue weighted by molar-refractivity contribution is 0.165. The fourth-order valence-corrected chi connectivity index (χ4v) is 9.24. The van der Waals surface area contributed by atoms with E-state index in [-0.39, 0.29) is 0 Å². The zero-order valence-corrected chi connectivity index (χ0v) is 21.6. The van der Waals surface area contributed by atoms with E-state index in [4.69, 9.17) is 0 Å². The number of aryl methyl sites for hydroxylation is 6. The summed E-state index contributed by atoms with van der Waals surface area (Å²) >= 11 is 0. The quantitative estimate of drug-likeness (QED) is 0.448. The van der Waals surface area contributed by atoms with E-state index >= 15 is 0 Å². The summed E-state index contributed by atoms with van der Waals surface area (Å²) in [5.74, 6) is 6.36. The van der Waals surface area contributed by atoms with Gasteiger partial charge in [-0.2, -0.15) is 0 Å². The SMILES string of the molecule is Cc1cc(C)c(C2CCC3C(C2)C(C)C2CC(c4c(C)cc(C)cc4C)CCC23)c(C)c1. The average Bonchev–Trinajstić information content (AvgIpc) is 2.98. The van der Waals surface area contributed by atoms with Crippen LogP contribution < -0.4 is 0 Å². The Morgan fingerprint density at radius 3 is 1.19 bits per heavy atom. The Morgan fingerprint density at radius 1 is 0.500 bits per heavy atom. The van der Waals surface area contributed by atoms with Crippen molar-refractivity contribution in [1.29, 1.82) is 0 Å². The molecule has 3 aliphatic rings. The fraction of sp³-hybridized carbons (Fsp3) is 0.625. The van der Waals surface area contributed by atoms with Crippen LogP contribution in [0.5, 0.6) is 0 Å². The molecule has 0 aliphatic heterocycles. The topological polar surface area (TPSA) is 0 Å². The van der Waals surface area contributed by atoms with Crippen LogP contribution in [0, 0.1) is 71.1 Å². The molecule has 0 radical (unpaired) electrons. The van der Waals surface area contributed by atoms with Gasteiger partial charge in [0.15, 0.2) is 0 Å². The van der Waals surface area contributed by atoms with Gasteiger partial charge >= 0.3 is 0 Å². The number of fused-ring (bicyclic) bond motifs is 3. The Labute approximate surface area is 197 Å². The van der Waals surface area contributed by atoms with E-state index in [1.807, 2.05) is 0 Å². The zero-order chi connectivity index (χ0) is 22.7. The molecule has 6 atom stereocenters. The Hall–Kier alpha value is -1.56. The van der Waals surface area contributed by atoms with Gasteiger partial charge in [0.2, 0.25) is 0 Å². The summed E-state index contributed by atoms with van der Waals surface area (Å²) in [7, 11) is 0. The monoisotopic (exact) mass is 428 g/mol. The van der Waals surface area contributed by atoms with Gasteiger partial charge in [0, 0.05) is 0 Å². The second kappa shape index (κ2) is 8.34. The molecule has 3 saturated carbocycles. The Morgan fingerprint density at radius 2 is 0.844 bits per heavy atom. The summed E-state index contributed by atoms with van der Waals surface area (Å²) in [5.41, 5.74) is 12.4. The first-order valence-corrected chi connectivity index (χ1v) is 13.4. The number of rotatable bonds is 2. The molecule has 0 bridgehead atoms. The minimum Gasteiger partial charge on any atom is -0.0620 e. The largest absolute Gasteiger partial charge is 0.0620 e. The van der Waals surface area contributed by atoms with Crippen LogP contribution in [-0.2, 0) is 0 Å². The van der Waals surface area contributed by atoms with Crippen LogP contribution in [-0.4, -0.2) is 0 Å². The molecule has 0 nitrogen and oxygen atoms in total. The van der Waals surface area contributed by atoms with Crippen LogP contribution in [0.4, 0.5) is 0 Å². The van der Waals surface area contributed by atoms with Crippen molar-refractivity contribution in [3.63, 3.8) is 0 Å². The predicted octanol–water partition coefficient (Wildman–Crippen LogP) is 8.89. The minimum atomic E-state index is 0.789. The maximum Gasteiger partial charge on any atom is -0.0154 e. The maximum absolute atomic E-state index is 2.64. The van der Waals surface area contributed by atoms with Crippen molar-refractivity contribution >= 4 is 0 Å². The summed E-state index contributed by atoms with van der Waals surface area (Å²) in [6.45, 7) is 16.6. The highest BCUT2D eigenvalue weighted by Gasteiger charge is 2.52. The smallest absolute Gasteiger partial charge is 0.0154 e. The van der Waals surface area contributed by atoms with E-state index in [0.29, 0.717) is 0 Å². The minimum absolute atomic E-state index is 0.789. The highest BCUT2D eigenvalue weighted by atomic mass is 14.6. The number of hydrogen-bond donors (Lipinski definition) is 0. The molecule has 6 unspecified atom stereocenters. The van der Waals surface area contributed by atoms with E-state index in [1.54, 1.807) is 33.4 Å². The van der Waals surface area contributed by atoms with Crippen molar-refractivity contribution in [2.45, 2.75) is 98.8 Å². The Bertz CT molecular complexity index is 883. The molecule has 0 amide bonds. The highest BCUT2D eigenvalue weighted by Crippen LogP contribution is 2.61. The molecule has 0 N–H and O–H groups in total. The zero-order valence-electron chi connectivity index (χ0n) is 21.6. The fourth-order valence-electron chi connectivity index (χ4n) is 9.24. The lowest BCUT2D eigenvalue weighted by Gasteiger charge is -2.39. The number of hydrogen-bond acceptors (Lipinski definition) is 0. The molecule has 3 fully saturated rings. The van der Waals surface area contributed by atoms with Crippen molar-refractivity contribution in [2.24, 2.45) is 29.6 Å². The molecule has 0 heterocycles. The van der Waals surface area contributed by atoms with Crippen molar-refractivity contribution < 1.29 is 0 Å². The molecule has 5 rings (SSSR count). The first kappa shape index (κ1) is 22.2. The van der Waals surface area contributed by atoms with Gasteiger partial charge in [0.25, 0.3) is 0 Å². The predicted molar refractivity (Wildman–Crippen MR) is 138 cm³/mol. The third-order valence-electron chi connectivity index (χ3n) is 10.1. The third-order valence-corrected chi connectivity index (χ3v) is 10.1. The van der Waals surface area contributed by atoms with E-state index < -0.39 is 0 Å².